The number of benzene rings is 5. The van der Waals surface area contributed by atoms with Crippen molar-refractivity contribution in [1.82, 2.24) is 42.5 Å². The number of carbonyl (C=O) groups excluding carboxylic acids is 10. The van der Waals surface area contributed by atoms with Crippen molar-refractivity contribution in [3.8, 4) is 57.1 Å². The molecule has 14 atom stereocenters. The number of fused-ring (bicyclic) bond motifs is 15. The molecule has 4 saturated carbocycles. The number of urea groups is 1. The molecule has 5 fully saturated rings. The third kappa shape index (κ3) is 19.5. The number of hydrogen-bond donors (Lipinski definition) is 16. The molecule has 15 rings (SSSR count). The van der Waals surface area contributed by atoms with Gasteiger partial charge in [-0.15, -0.1) is 0 Å². The number of unbranched alkanes of at least 4 members (excludes halogenated alkanes) is 5. The number of aromatic hydroxyl groups is 3. The Morgan fingerprint density at radius 1 is 0.635 bits per heavy atom. The van der Waals surface area contributed by atoms with Crippen LogP contribution in [0.15, 0.2) is 78.9 Å². The Morgan fingerprint density at radius 3 is 1.90 bits per heavy atom. The zero-order valence-electron chi connectivity index (χ0n) is 64.3. The largest absolute Gasteiger partial charge is 0.508 e. The van der Waals surface area contributed by atoms with E-state index in [0.29, 0.717) is 18.3 Å². The fourth-order valence-corrected chi connectivity index (χ4v) is 18.1. The quantitative estimate of drug-likeness (QED) is 0.0314. The van der Waals surface area contributed by atoms with E-state index in [1.165, 1.54) is 56.4 Å². The number of aliphatic hydroxyl groups is 5. The second-order valence-corrected chi connectivity index (χ2v) is 32.9. The number of Topliss-reactive ketones (excluding diaryl/α,β-unsaturated/α-hetero) is 3. The van der Waals surface area contributed by atoms with E-state index in [2.05, 4.69) is 49.5 Å². The molecule has 10 aliphatic rings. The van der Waals surface area contributed by atoms with Crippen LogP contribution in [0.5, 0.6) is 46.0 Å². The number of halogens is 2. The molecular formula is C83H100Cl2N8O22. The number of nitrogens with one attached hydrogen (secondary N) is 8. The molecule has 5 unspecified atom stereocenters. The molecule has 8 amide bonds. The van der Waals surface area contributed by atoms with Crippen LogP contribution >= 0.6 is 23.2 Å². The summed E-state index contributed by atoms with van der Waals surface area (Å²) in [5.41, 5.74) is -1.58. The summed E-state index contributed by atoms with van der Waals surface area (Å²) in [7, 11) is 1.51. The predicted octanol–water partition coefficient (Wildman–Crippen LogP) is 7.64. The SMILES string of the molecule is CCCCCCCCNC(=O)NC(=O)C[C@@H]1CC(=O)[C@H](NC(=O)[C@@H](CC(C)C)NC)[C@H](O)c2ccc(c(Cl)c2)Oc2cc3cc(c2OC2OC(CNC(C)=O)C(O)C(O)C2O)Oc2ccc(cc2Cl)[C@@H](O)[C@@H]2NC(=O)[C@H](CC(=O)[C@@H]3NC1=O)c1ccc(O)c(c1)-c1c(O)cc(O)cc1[C@@H](C(=O)CC1C3CC4CC(C3)CC1C4)NC2=O. The third-order valence-corrected chi connectivity index (χ3v) is 23.9. The maximum absolute atomic E-state index is 16.5. The molecule has 16 N–H and O–H groups in total. The van der Waals surface area contributed by atoms with Gasteiger partial charge in [-0.25, -0.2) is 4.79 Å². The van der Waals surface area contributed by atoms with Gasteiger partial charge in [0.1, 0.15) is 89.5 Å². The van der Waals surface area contributed by atoms with Crippen molar-refractivity contribution in [2.45, 2.75) is 209 Å². The van der Waals surface area contributed by atoms with Gasteiger partial charge in [0.15, 0.2) is 28.8 Å². The lowest BCUT2D eigenvalue weighted by Crippen LogP contribution is -2.61. The van der Waals surface area contributed by atoms with Crippen LogP contribution in [0.1, 0.15) is 188 Å². The van der Waals surface area contributed by atoms with Crippen LogP contribution in [0.25, 0.3) is 11.1 Å². The summed E-state index contributed by atoms with van der Waals surface area (Å²) in [5, 5.41) is 116. The van der Waals surface area contributed by atoms with Gasteiger partial charge in [-0.05, 0) is 170 Å². The van der Waals surface area contributed by atoms with E-state index in [1.54, 1.807) is 0 Å². The molecule has 5 aromatic rings. The minimum absolute atomic E-state index is 0.0690. The van der Waals surface area contributed by atoms with Gasteiger partial charge in [0.25, 0.3) is 0 Å². The first-order valence-corrected chi connectivity index (χ1v) is 40.1. The second-order valence-electron chi connectivity index (χ2n) is 32.1. The zero-order valence-corrected chi connectivity index (χ0v) is 65.8. The summed E-state index contributed by atoms with van der Waals surface area (Å²) in [6.45, 7) is 6.62. The number of aliphatic hydroxyl groups excluding tert-OH is 5. The maximum atomic E-state index is 16.5. The van der Waals surface area contributed by atoms with Crippen molar-refractivity contribution < 1.29 is 108 Å². The molecule has 115 heavy (non-hydrogen) atoms. The standard InChI is InChI=1S/C83H100Cl2N8O22/c1-6-7-8-9-10-11-18-87-83(111)89-66(101)31-47-28-58(98)70(92-80(109)55(86-5)19-37(2)3)72(102)42-13-16-61(53(84)26-42)112-63-29-46-30-64(77(63)115-82-76(106)75(105)74(104)65(114-82)36-88-38(4)94)113-62-17-14-43(27-54(62)85)73(103)71-81(110)91-69(60(100)34-49-44-21-39-20-40(23-44)24-45(49)22-39)52-32-48(95)33-57(97)67(52)51-25-41(12-15-56(51)96)50(79(108)93-71)35-59(99)68(46)90-78(47)107/h12-17,25-27,29-30,32-33,37,39-40,44-45,47,49-50,55,65,68-76,82,86,95-97,102-106H,6-11,18-24,28,31,34-36H2,1-5H3,(H,88,94)(H,90,107)(H,91,110)(H,92,109)(H,93,108)(H2,87,89,101,111)/t39?,40?,44?,45?,47-,49?,50+,55+,65?,68+,69-,70-,71-,72+,73+,74?,75?,76?,82?/m0/s1. The molecular weight excluding hydrogens is 1530 g/mol. The van der Waals surface area contributed by atoms with E-state index in [-0.39, 0.29) is 104 Å². The number of amides is 8. The van der Waals surface area contributed by atoms with Crippen LogP contribution < -0.4 is 56.7 Å². The van der Waals surface area contributed by atoms with Crippen molar-refractivity contribution >= 4 is 82.0 Å². The van der Waals surface area contributed by atoms with Gasteiger partial charge >= 0.3 is 6.03 Å². The fraction of sp³-hybridized carbons (Fsp3) is 0.518. The van der Waals surface area contributed by atoms with Crippen molar-refractivity contribution in [3.05, 3.63) is 117 Å². The average Bonchev–Trinajstić information content (AvgIpc) is 0.740. The van der Waals surface area contributed by atoms with Crippen molar-refractivity contribution in [3.63, 3.8) is 0 Å². The highest BCUT2D eigenvalue weighted by atomic mass is 35.5. The smallest absolute Gasteiger partial charge is 0.321 e. The van der Waals surface area contributed by atoms with Crippen molar-refractivity contribution in [1.29, 1.82) is 0 Å². The lowest BCUT2D eigenvalue weighted by atomic mass is 9.51. The molecule has 0 spiro atoms. The first-order chi connectivity index (χ1) is 54.8. The lowest BCUT2D eigenvalue weighted by molar-refractivity contribution is -0.271. The van der Waals surface area contributed by atoms with Gasteiger partial charge in [0.2, 0.25) is 47.5 Å². The summed E-state index contributed by atoms with van der Waals surface area (Å²) >= 11 is 14.3. The number of phenols is 3. The Morgan fingerprint density at radius 2 is 1.27 bits per heavy atom. The minimum atomic E-state index is -2.21. The van der Waals surface area contributed by atoms with E-state index in [0.717, 1.165) is 101 Å². The number of carbonyl (C=O) groups is 10. The summed E-state index contributed by atoms with van der Waals surface area (Å²) in [6, 6.07) is 5.20. The van der Waals surface area contributed by atoms with Crippen LogP contribution in [0.3, 0.4) is 0 Å². The number of ether oxygens (including phenoxy) is 4. The van der Waals surface area contributed by atoms with E-state index >= 15 is 28.8 Å². The number of hydrogen-bond acceptors (Lipinski definition) is 23. The summed E-state index contributed by atoms with van der Waals surface area (Å²) < 4.78 is 25.9. The lowest BCUT2D eigenvalue weighted by Gasteiger charge is -2.54. The predicted molar refractivity (Wildman–Crippen MR) is 415 cm³/mol. The molecule has 30 nitrogen and oxygen atoms in total. The third-order valence-electron chi connectivity index (χ3n) is 23.3. The van der Waals surface area contributed by atoms with Gasteiger partial charge in [0.05, 0.1) is 27.9 Å². The van der Waals surface area contributed by atoms with E-state index in [9.17, 15) is 60.0 Å². The second kappa shape index (κ2) is 36.8. The maximum Gasteiger partial charge on any atom is 0.321 e. The molecule has 4 aliphatic carbocycles. The molecule has 5 aromatic carbocycles. The molecule has 6 heterocycles. The number of ketones is 3. The van der Waals surface area contributed by atoms with Crippen molar-refractivity contribution in [2.24, 2.45) is 41.4 Å². The summed E-state index contributed by atoms with van der Waals surface area (Å²) in [6.07, 6.45) is -6.78. The van der Waals surface area contributed by atoms with Crippen LogP contribution in [-0.4, -0.2) is 169 Å². The molecule has 0 radical (unpaired) electrons. The van der Waals surface area contributed by atoms with Crippen LogP contribution in [0, 0.1) is 41.4 Å². The minimum Gasteiger partial charge on any atom is -0.508 e. The van der Waals surface area contributed by atoms with Gasteiger partial charge < -0.3 is 97.0 Å². The Labute approximate surface area is 673 Å². The Balaban J connectivity index is 1.05. The molecule has 1 saturated heterocycles. The molecule has 6 aliphatic heterocycles. The molecule has 15 bridgehead atoms. The highest BCUT2D eigenvalue weighted by Gasteiger charge is 2.51. The Bertz CT molecular complexity index is 4520. The Hall–Kier alpha value is -9.50. The van der Waals surface area contributed by atoms with Crippen LogP contribution in [0.2, 0.25) is 10.0 Å². The van der Waals surface area contributed by atoms with E-state index in [1.807, 2.05) is 13.8 Å². The fourth-order valence-electron chi connectivity index (χ4n) is 17.6. The topological polar surface area (TPSA) is 466 Å². The van der Waals surface area contributed by atoms with Gasteiger partial charge in [-0.3, -0.25) is 48.5 Å². The number of phenolic OH excluding ortho intramolecular Hbond substituents is 3. The molecule has 618 valence electrons. The number of likely N-dealkylation sites (N-methyl/N-ethyl adjacent to an activating group) is 1. The molecule has 32 heteroatoms. The van der Waals surface area contributed by atoms with Crippen LogP contribution in [-0.2, 0) is 47.9 Å². The zero-order chi connectivity index (χ0) is 82.5. The first kappa shape index (κ1) is 84.9. The molecule has 0 aromatic heterocycles. The normalized spacial score (nSPS) is 28.0. The number of imide groups is 1. The van der Waals surface area contributed by atoms with Gasteiger partial charge in [-0.2, -0.15) is 0 Å². The van der Waals surface area contributed by atoms with Gasteiger partial charge in [-0.1, -0.05) is 94.3 Å². The highest BCUT2D eigenvalue weighted by Crippen LogP contribution is 2.58. The first-order valence-electron chi connectivity index (χ1n) is 39.4. The number of rotatable bonds is 21. The van der Waals surface area contributed by atoms with E-state index in [4.69, 9.17) is 42.1 Å². The average molecular weight is 1630 g/mol. The monoisotopic (exact) mass is 1630 g/mol. The van der Waals surface area contributed by atoms with Gasteiger partial charge in [0, 0.05) is 62.9 Å². The summed E-state index contributed by atoms with van der Waals surface area (Å²) in [4.78, 5) is 150. The van der Waals surface area contributed by atoms with E-state index < -0.39 is 204 Å². The summed E-state index contributed by atoms with van der Waals surface area (Å²) in [5.74, 6) is -15.8. The highest BCUT2D eigenvalue weighted by molar-refractivity contribution is 6.32. The van der Waals surface area contributed by atoms with Crippen molar-refractivity contribution in [2.75, 3.05) is 20.1 Å². The Kier molecular flexibility index (Phi) is 27.1. The van der Waals surface area contributed by atoms with Crippen LogP contribution in [0.4, 0.5) is 4.79 Å².